The fraction of sp³-hybridized carbons (Fsp3) is 0.500. The van der Waals surface area contributed by atoms with E-state index in [-0.39, 0.29) is 0 Å². The van der Waals surface area contributed by atoms with Crippen molar-refractivity contribution < 1.29 is 0 Å². The number of rotatable bonds is 3. The van der Waals surface area contributed by atoms with Gasteiger partial charge in [-0.3, -0.25) is 10.7 Å². The highest BCUT2D eigenvalue weighted by Gasteiger charge is 2.20. The summed E-state index contributed by atoms with van der Waals surface area (Å²) in [6.45, 7) is 3.07. The standard InChI is InChI=1S/C12H19N3/c13-14-10-15-8-4-7-12(9-15)11-5-2-1-3-6-11/h1-3,5-6,12,14H,4,7-10,13H2. The molecule has 0 bridgehead atoms. The van der Waals surface area contributed by atoms with Gasteiger partial charge >= 0.3 is 0 Å². The van der Waals surface area contributed by atoms with Crippen molar-refractivity contribution in [2.24, 2.45) is 5.84 Å². The van der Waals surface area contributed by atoms with E-state index in [1.54, 1.807) is 0 Å². The number of hydrogen-bond donors (Lipinski definition) is 2. The van der Waals surface area contributed by atoms with Gasteiger partial charge in [-0.15, -0.1) is 0 Å². The summed E-state index contributed by atoms with van der Waals surface area (Å²) >= 11 is 0. The Hall–Kier alpha value is -0.900. The molecule has 2 rings (SSSR count). The monoisotopic (exact) mass is 205 g/mol. The van der Waals surface area contributed by atoms with E-state index in [1.807, 2.05) is 0 Å². The van der Waals surface area contributed by atoms with E-state index in [4.69, 9.17) is 5.84 Å². The molecule has 0 aromatic heterocycles. The van der Waals surface area contributed by atoms with Gasteiger partial charge in [-0.1, -0.05) is 30.3 Å². The molecule has 1 aliphatic heterocycles. The highest BCUT2D eigenvalue weighted by molar-refractivity contribution is 5.20. The molecule has 0 saturated carbocycles. The Morgan fingerprint density at radius 1 is 1.33 bits per heavy atom. The van der Waals surface area contributed by atoms with Crippen molar-refractivity contribution in [3.63, 3.8) is 0 Å². The van der Waals surface area contributed by atoms with Crippen LogP contribution in [-0.4, -0.2) is 24.7 Å². The van der Waals surface area contributed by atoms with E-state index in [2.05, 4.69) is 40.7 Å². The number of nitrogens with zero attached hydrogens (tertiary/aromatic N) is 1. The van der Waals surface area contributed by atoms with Crippen LogP contribution in [0.1, 0.15) is 24.3 Å². The minimum atomic E-state index is 0.674. The molecule has 15 heavy (non-hydrogen) atoms. The molecular weight excluding hydrogens is 186 g/mol. The predicted octanol–water partition coefficient (Wildman–Crippen LogP) is 1.29. The van der Waals surface area contributed by atoms with Crippen LogP contribution < -0.4 is 11.3 Å². The number of hydrogen-bond acceptors (Lipinski definition) is 3. The van der Waals surface area contributed by atoms with Crippen molar-refractivity contribution in [3.05, 3.63) is 35.9 Å². The van der Waals surface area contributed by atoms with Crippen LogP contribution >= 0.6 is 0 Å². The number of piperidine rings is 1. The summed E-state index contributed by atoms with van der Waals surface area (Å²) in [4.78, 5) is 2.38. The van der Waals surface area contributed by atoms with Gasteiger partial charge in [-0.25, -0.2) is 5.43 Å². The molecule has 3 N–H and O–H groups in total. The largest absolute Gasteiger partial charge is 0.289 e. The maximum atomic E-state index is 5.35. The Morgan fingerprint density at radius 2 is 2.13 bits per heavy atom. The number of nitrogens with two attached hydrogens (primary N) is 1. The first-order valence-corrected chi connectivity index (χ1v) is 5.61. The van der Waals surface area contributed by atoms with E-state index in [0.29, 0.717) is 5.92 Å². The summed E-state index contributed by atoms with van der Waals surface area (Å²) < 4.78 is 0. The van der Waals surface area contributed by atoms with Crippen molar-refractivity contribution >= 4 is 0 Å². The second kappa shape index (κ2) is 5.26. The van der Waals surface area contributed by atoms with Crippen molar-refractivity contribution in [2.45, 2.75) is 18.8 Å². The second-order valence-corrected chi connectivity index (χ2v) is 4.19. The van der Waals surface area contributed by atoms with Crippen LogP contribution in [-0.2, 0) is 0 Å². The zero-order valence-electron chi connectivity index (χ0n) is 9.02. The summed E-state index contributed by atoms with van der Waals surface area (Å²) in [5, 5.41) is 0. The molecule has 1 saturated heterocycles. The third-order valence-electron chi connectivity index (χ3n) is 3.09. The fourth-order valence-electron chi connectivity index (χ4n) is 2.33. The molecule has 1 aliphatic rings. The Balaban J connectivity index is 1.98. The highest BCUT2D eigenvalue weighted by atomic mass is 15.3. The molecule has 0 radical (unpaired) electrons. The summed E-state index contributed by atoms with van der Waals surface area (Å²) in [5.74, 6) is 6.03. The van der Waals surface area contributed by atoms with Gasteiger partial charge in [-0.05, 0) is 30.9 Å². The summed E-state index contributed by atoms with van der Waals surface area (Å²) in [5.41, 5.74) is 4.19. The molecule has 1 fully saturated rings. The molecular formula is C12H19N3. The van der Waals surface area contributed by atoms with Crippen molar-refractivity contribution in [2.75, 3.05) is 19.8 Å². The molecule has 82 valence electrons. The van der Waals surface area contributed by atoms with Gasteiger partial charge in [0.05, 0.1) is 6.67 Å². The molecule has 0 amide bonds. The van der Waals surface area contributed by atoms with Crippen LogP contribution in [0.3, 0.4) is 0 Å². The van der Waals surface area contributed by atoms with Gasteiger partial charge in [0.15, 0.2) is 0 Å². The molecule has 1 aromatic carbocycles. The van der Waals surface area contributed by atoms with E-state index in [0.717, 1.165) is 19.8 Å². The van der Waals surface area contributed by atoms with Crippen molar-refractivity contribution in [3.8, 4) is 0 Å². The van der Waals surface area contributed by atoms with Crippen LogP contribution in [0.25, 0.3) is 0 Å². The lowest BCUT2D eigenvalue weighted by Gasteiger charge is -2.32. The smallest absolute Gasteiger partial charge is 0.0612 e. The van der Waals surface area contributed by atoms with Crippen molar-refractivity contribution in [1.29, 1.82) is 0 Å². The Labute approximate surface area is 91.2 Å². The first-order valence-electron chi connectivity index (χ1n) is 5.61. The van der Waals surface area contributed by atoms with Gasteiger partial charge in [-0.2, -0.15) is 0 Å². The first kappa shape index (κ1) is 10.6. The summed E-state index contributed by atoms with van der Waals surface area (Å²) in [7, 11) is 0. The maximum absolute atomic E-state index is 5.35. The summed E-state index contributed by atoms with van der Waals surface area (Å²) in [6.07, 6.45) is 2.56. The minimum absolute atomic E-state index is 0.674. The Kier molecular flexibility index (Phi) is 3.72. The fourth-order valence-corrected chi connectivity index (χ4v) is 2.33. The summed E-state index contributed by atoms with van der Waals surface area (Å²) in [6, 6.07) is 10.8. The van der Waals surface area contributed by atoms with Crippen LogP contribution in [0.4, 0.5) is 0 Å². The zero-order valence-corrected chi connectivity index (χ0v) is 9.02. The molecule has 1 aromatic rings. The van der Waals surface area contributed by atoms with E-state index in [9.17, 15) is 0 Å². The van der Waals surface area contributed by atoms with Gasteiger partial charge in [0.2, 0.25) is 0 Å². The number of hydrazine groups is 1. The van der Waals surface area contributed by atoms with Crippen LogP contribution in [0.2, 0.25) is 0 Å². The minimum Gasteiger partial charge on any atom is -0.289 e. The lowest BCUT2D eigenvalue weighted by atomic mass is 9.91. The average Bonchev–Trinajstić information content (AvgIpc) is 2.31. The molecule has 1 atom stereocenters. The lowest BCUT2D eigenvalue weighted by molar-refractivity contribution is 0.194. The second-order valence-electron chi connectivity index (χ2n) is 4.19. The topological polar surface area (TPSA) is 41.3 Å². The number of likely N-dealkylation sites (tertiary alicyclic amines) is 1. The predicted molar refractivity (Wildman–Crippen MR) is 62.2 cm³/mol. The first-order chi connectivity index (χ1) is 7.40. The highest BCUT2D eigenvalue weighted by Crippen LogP contribution is 2.25. The number of nitrogens with one attached hydrogen (secondary N) is 1. The molecule has 1 unspecified atom stereocenters. The van der Waals surface area contributed by atoms with Crippen molar-refractivity contribution in [1.82, 2.24) is 10.3 Å². The van der Waals surface area contributed by atoms with E-state index < -0.39 is 0 Å². The van der Waals surface area contributed by atoms with Crippen LogP contribution in [0.5, 0.6) is 0 Å². The third kappa shape index (κ3) is 2.78. The normalized spacial score (nSPS) is 22.9. The average molecular weight is 205 g/mol. The van der Waals surface area contributed by atoms with Gasteiger partial charge in [0.1, 0.15) is 0 Å². The van der Waals surface area contributed by atoms with Gasteiger partial charge < -0.3 is 0 Å². The molecule has 3 nitrogen and oxygen atoms in total. The maximum Gasteiger partial charge on any atom is 0.0612 e. The third-order valence-corrected chi connectivity index (χ3v) is 3.09. The SMILES string of the molecule is NNCN1CCCC(c2ccccc2)C1. The van der Waals surface area contributed by atoms with Crippen LogP contribution in [0.15, 0.2) is 30.3 Å². The Bertz CT molecular complexity index is 284. The quantitative estimate of drug-likeness (QED) is 0.577. The molecule has 1 heterocycles. The lowest BCUT2D eigenvalue weighted by Crippen LogP contribution is -2.42. The van der Waals surface area contributed by atoms with Gasteiger partial charge in [0.25, 0.3) is 0 Å². The molecule has 3 heteroatoms. The van der Waals surface area contributed by atoms with Crippen LogP contribution in [0, 0.1) is 0 Å². The zero-order chi connectivity index (χ0) is 10.5. The van der Waals surface area contributed by atoms with E-state index in [1.165, 1.54) is 18.4 Å². The van der Waals surface area contributed by atoms with Gasteiger partial charge in [0, 0.05) is 6.54 Å². The number of benzene rings is 1. The molecule has 0 spiro atoms. The molecule has 0 aliphatic carbocycles. The van der Waals surface area contributed by atoms with E-state index >= 15 is 0 Å². The Morgan fingerprint density at radius 3 is 2.87 bits per heavy atom.